The van der Waals surface area contributed by atoms with Crippen molar-refractivity contribution in [1.29, 1.82) is 0 Å². The molecule has 1 aliphatic rings. The van der Waals surface area contributed by atoms with E-state index in [-0.39, 0.29) is 0 Å². The van der Waals surface area contributed by atoms with E-state index >= 15 is 0 Å². The number of aromatic nitrogens is 2. The van der Waals surface area contributed by atoms with Gasteiger partial charge in [0.1, 0.15) is 5.82 Å². The SMILES string of the molecule is CCc1nc2c(n1CCCCCOC)CCNC2. The second kappa shape index (κ2) is 6.90. The van der Waals surface area contributed by atoms with Gasteiger partial charge in [-0.2, -0.15) is 0 Å². The summed E-state index contributed by atoms with van der Waals surface area (Å²) in [5.74, 6) is 1.26. The van der Waals surface area contributed by atoms with E-state index < -0.39 is 0 Å². The molecule has 1 aromatic heterocycles. The minimum absolute atomic E-state index is 0.882. The Bertz CT molecular complexity index is 373. The fraction of sp³-hybridized carbons (Fsp3) is 0.786. The lowest BCUT2D eigenvalue weighted by Crippen LogP contribution is -2.25. The monoisotopic (exact) mass is 251 g/mol. The minimum Gasteiger partial charge on any atom is -0.385 e. The van der Waals surface area contributed by atoms with Gasteiger partial charge in [0.15, 0.2) is 0 Å². The van der Waals surface area contributed by atoms with Crippen molar-refractivity contribution in [3.05, 3.63) is 17.2 Å². The largest absolute Gasteiger partial charge is 0.385 e. The molecule has 0 amide bonds. The molecule has 1 N–H and O–H groups in total. The van der Waals surface area contributed by atoms with Crippen molar-refractivity contribution in [3.8, 4) is 0 Å². The highest BCUT2D eigenvalue weighted by Crippen LogP contribution is 2.17. The Kier molecular flexibility index (Phi) is 5.20. The average Bonchev–Trinajstić information content (AvgIpc) is 2.77. The summed E-state index contributed by atoms with van der Waals surface area (Å²) in [4.78, 5) is 4.76. The zero-order chi connectivity index (χ0) is 12.8. The number of imidazole rings is 1. The Balaban J connectivity index is 1.95. The summed E-state index contributed by atoms with van der Waals surface area (Å²) < 4.78 is 7.55. The van der Waals surface area contributed by atoms with Gasteiger partial charge < -0.3 is 14.6 Å². The summed E-state index contributed by atoms with van der Waals surface area (Å²) >= 11 is 0. The van der Waals surface area contributed by atoms with Crippen LogP contribution < -0.4 is 5.32 Å². The number of fused-ring (bicyclic) bond motifs is 1. The van der Waals surface area contributed by atoms with Gasteiger partial charge in [-0.05, 0) is 19.3 Å². The second-order valence-electron chi connectivity index (χ2n) is 4.91. The van der Waals surface area contributed by atoms with Crippen LogP contribution in [0.5, 0.6) is 0 Å². The van der Waals surface area contributed by atoms with Crippen molar-refractivity contribution in [2.24, 2.45) is 0 Å². The van der Waals surface area contributed by atoms with E-state index in [1.807, 2.05) is 0 Å². The second-order valence-corrected chi connectivity index (χ2v) is 4.91. The maximum atomic E-state index is 5.09. The molecule has 0 spiro atoms. The molecule has 1 aromatic rings. The van der Waals surface area contributed by atoms with Crippen LogP contribution >= 0.6 is 0 Å². The van der Waals surface area contributed by atoms with Gasteiger partial charge in [-0.25, -0.2) is 4.98 Å². The molecule has 0 bridgehead atoms. The fourth-order valence-corrected chi connectivity index (χ4v) is 2.65. The Hall–Kier alpha value is -0.870. The van der Waals surface area contributed by atoms with Gasteiger partial charge in [0.2, 0.25) is 0 Å². The van der Waals surface area contributed by atoms with E-state index in [9.17, 15) is 0 Å². The summed E-state index contributed by atoms with van der Waals surface area (Å²) in [5.41, 5.74) is 2.74. The first kappa shape index (κ1) is 13.6. The number of hydrogen-bond acceptors (Lipinski definition) is 3. The predicted octanol–water partition coefficient (Wildman–Crippen LogP) is 1.91. The van der Waals surface area contributed by atoms with E-state index in [1.165, 1.54) is 30.1 Å². The Morgan fingerprint density at radius 3 is 3.00 bits per heavy atom. The van der Waals surface area contributed by atoms with Crippen LogP contribution in [0.3, 0.4) is 0 Å². The average molecular weight is 251 g/mol. The van der Waals surface area contributed by atoms with Crippen molar-refractivity contribution in [3.63, 3.8) is 0 Å². The highest BCUT2D eigenvalue weighted by molar-refractivity contribution is 5.20. The van der Waals surface area contributed by atoms with Gasteiger partial charge in [-0.15, -0.1) is 0 Å². The molecule has 2 rings (SSSR count). The summed E-state index contributed by atoms with van der Waals surface area (Å²) in [7, 11) is 1.77. The van der Waals surface area contributed by atoms with E-state index in [0.717, 1.165) is 45.5 Å². The van der Waals surface area contributed by atoms with Gasteiger partial charge in [-0.3, -0.25) is 0 Å². The number of ether oxygens (including phenoxy) is 1. The van der Waals surface area contributed by atoms with Gasteiger partial charge in [0.25, 0.3) is 0 Å². The summed E-state index contributed by atoms with van der Waals surface area (Å²) in [5, 5.41) is 3.40. The molecule has 0 radical (unpaired) electrons. The van der Waals surface area contributed by atoms with Crippen LogP contribution in [-0.2, 0) is 30.7 Å². The standard InChI is InChI=1S/C14H25N3O/c1-3-14-16-12-11-15-8-7-13(12)17(14)9-5-4-6-10-18-2/h15H,3-11H2,1-2H3. The maximum Gasteiger partial charge on any atom is 0.108 e. The molecule has 0 atom stereocenters. The van der Waals surface area contributed by atoms with Crippen molar-refractivity contribution >= 4 is 0 Å². The number of nitrogens with one attached hydrogen (secondary N) is 1. The number of unbranched alkanes of at least 4 members (excludes halogenated alkanes) is 2. The first-order chi connectivity index (χ1) is 8.86. The van der Waals surface area contributed by atoms with E-state index in [0.29, 0.717) is 0 Å². The molecule has 0 aromatic carbocycles. The van der Waals surface area contributed by atoms with Crippen molar-refractivity contribution in [1.82, 2.24) is 14.9 Å². The fourth-order valence-electron chi connectivity index (χ4n) is 2.65. The molecule has 18 heavy (non-hydrogen) atoms. The lowest BCUT2D eigenvalue weighted by molar-refractivity contribution is 0.191. The van der Waals surface area contributed by atoms with Crippen LogP contribution in [0.25, 0.3) is 0 Å². The van der Waals surface area contributed by atoms with Crippen LogP contribution in [0.1, 0.15) is 43.4 Å². The molecular formula is C14H25N3O. The van der Waals surface area contributed by atoms with Gasteiger partial charge in [-0.1, -0.05) is 6.92 Å². The van der Waals surface area contributed by atoms with Crippen LogP contribution in [0.15, 0.2) is 0 Å². The summed E-state index contributed by atoms with van der Waals surface area (Å²) in [6, 6.07) is 0. The Morgan fingerprint density at radius 1 is 1.33 bits per heavy atom. The highest BCUT2D eigenvalue weighted by atomic mass is 16.5. The van der Waals surface area contributed by atoms with Crippen LogP contribution in [-0.4, -0.2) is 29.8 Å². The normalized spacial score (nSPS) is 14.8. The first-order valence-corrected chi connectivity index (χ1v) is 7.13. The molecule has 102 valence electrons. The lowest BCUT2D eigenvalue weighted by atomic mass is 10.1. The smallest absolute Gasteiger partial charge is 0.108 e. The topological polar surface area (TPSA) is 39.1 Å². The summed E-state index contributed by atoms with van der Waals surface area (Å²) in [6.45, 7) is 6.23. The van der Waals surface area contributed by atoms with Crippen molar-refractivity contribution in [2.75, 3.05) is 20.3 Å². The van der Waals surface area contributed by atoms with E-state index in [4.69, 9.17) is 9.72 Å². The zero-order valence-corrected chi connectivity index (χ0v) is 11.7. The Labute approximate surface area is 110 Å². The molecule has 0 fully saturated rings. The van der Waals surface area contributed by atoms with Gasteiger partial charge >= 0.3 is 0 Å². The summed E-state index contributed by atoms with van der Waals surface area (Å²) in [6.07, 6.45) is 5.79. The quantitative estimate of drug-likeness (QED) is 0.752. The molecule has 4 heteroatoms. The van der Waals surface area contributed by atoms with Crippen molar-refractivity contribution < 1.29 is 4.74 Å². The number of methoxy groups -OCH3 is 1. The predicted molar refractivity (Wildman–Crippen MR) is 72.7 cm³/mol. The molecule has 1 aliphatic heterocycles. The number of hydrogen-bond donors (Lipinski definition) is 1. The number of aryl methyl sites for hydroxylation is 1. The third-order valence-electron chi connectivity index (χ3n) is 3.61. The molecule has 2 heterocycles. The van der Waals surface area contributed by atoms with E-state index in [2.05, 4.69) is 16.8 Å². The highest BCUT2D eigenvalue weighted by Gasteiger charge is 2.18. The van der Waals surface area contributed by atoms with Crippen molar-refractivity contribution in [2.45, 2.75) is 52.1 Å². The molecule has 4 nitrogen and oxygen atoms in total. The van der Waals surface area contributed by atoms with Gasteiger partial charge in [0, 0.05) is 51.9 Å². The van der Waals surface area contributed by atoms with Crippen LogP contribution in [0.4, 0.5) is 0 Å². The molecule has 0 saturated heterocycles. The minimum atomic E-state index is 0.882. The zero-order valence-electron chi connectivity index (χ0n) is 11.7. The van der Waals surface area contributed by atoms with Crippen LogP contribution in [0.2, 0.25) is 0 Å². The first-order valence-electron chi connectivity index (χ1n) is 7.13. The molecule has 0 saturated carbocycles. The molecule has 0 aliphatic carbocycles. The molecule has 0 unspecified atom stereocenters. The van der Waals surface area contributed by atoms with Gasteiger partial charge in [0.05, 0.1) is 5.69 Å². The lowest BCUT2D eigenvalue weighted by Gasteiger charge is -2.16. The maximum absolute atomic E-state index is 5.09. The number of rotatable bonds is 7. The van der Waals surface area contributed by atoms with Crippen LogP contribution in [0, 0.1) is 0 Å². The third kappa shape index (κ3) is 3.12. The molecular weight excluding hydrogens is 226 g/mol. The Morgan fingerprint density at radius 2 is 2.22 bits per heavy atom. The van der Waals surface area contributed by atoms with E-state index in [1.54, 1.807) is 7.11 Å². The number of nitrogens with zero attached hydrogens (tertiary/aromatic N) is 2. The third-order valence-corrected chi connectivity index (χ3v) is 3.61.